The van der Waals surface area contributed by atoms with Crippen LogP contribution in [0.3, 0.4) is 0 Å². The second-order valence-electron chi connectivity index (χ2n) is 7.38. The van der Waals surface area contributed by atoms with Gasteiger partial charge in [0.15, 0.2) is 5.79 Å². The van der Waals surface area contributed by atoms with Gasteiger partial charge >= 0.3 is 0 Å². The predicted octanol–water partition coefficient (Wildman–Crippen LogP) is 0.766. The average Bonchev–Trinajstić information content (AvgIpc) is 2.60. The molecular formula is C19H26N2O7. The van der Waals surface area contributed by atoms with E-state index >= 15 is 0 Å². The van der Waals surface area contributed by atoms with Crippen molar-refractivity contribution in [3.05, 3.63) is 24.3 Å². The normalized spacial score (nSPS) is 31.4. The highest BCUT2D eigenvalue weighted by Crippen LogP contribution is 2.33. The molecule has 2 fully saturated rings. The van der Waals surface area contributed by atoms with Crippen LogP contribution in [0.5, 0.6) is 5.75 Å². The zero-order valence-electron chi connectivity index (χ0n) is 16.3. The number of benzene rings is 1. The Kier molecular flexibility index (Phi) is 5.90. The molecular weight excluding hydrogens is 368 g/mol. The Morgan fingerprint density at radius 1 is 1.18 bits per heavy atom. The molecule has 5 atom stereocenters. The number of anilines is 1. The smallest absolute Gasteiger partial charge is 0.223 e. The molecule has 28 heavy (non-hydrogen) atoms. The Morgan fingerprint density at radius 3 is 2.46 bits per heavy atom. The van der Waals surface area contributed by atoms with Crippen molar-refractivity contribution < 1.29 is 33.6 Å². The van der Waals surface area contributed by atoms with Crippen LogP contribution in [0.25, 0.3) is 0 Å². The molecule has 0 aliphatic carbocycles. The van der Waals surface area contributed by atoms with E-state index in [1.165, 1.54) is 13.8 Å². The van der Waals surface area contributed by atoms with Gasteiger partial charge in [-0.25, -0.2) is 0 Å². The van der Waals surface area contributed by atoms with Crippen LogP contribution in [0.1, 0.15) is 27.7 Å². The van der Waals surface area contributed by atoms with Gasteiger partial charge in [0, 0.05) is 19.5 Å². The van der Waals surface area contributed by atoms with Gasteiger partial charge in [0.05, 0.1) is 6.61 Å². The lowest BCUT2D eigenvalue weighted by Gasteiger charge is -2.49. The van der Waals surface area contributed by atoms with Gasteiger partial charge < -0.3 is 34.7 Å². The summed E-state index contributed by atoms with van der Waals surface area (Å²) < 4.78 is 23.2. The molecule has 0 saturated carbocycles. The van der Waals surface area contributed by atoms with Crippen LogP contribution in [0.15, 0.2) is 24.3 Å². The molecule has 3 N–H and O–H groups in total. The minimum atomic E-state index is -1.05. The van der Waals surface area contributed by atoms with Crippen molar-refractivity contribution in [1.29, 1.82) is 0 Å². The molecule has 154 valence electrons. The Morgan fingerprint density at radius 2 is 1.86 bits per heavy atom. The van der Waals surface area contributed by atoms with E-state index in [0.29, 0.717) is 11.4 Å². The minimum Gasteiger partial charge on any atom is -0.463 e. The van der Waals surface area contributed by atoms with Crippen molar-refractivity contribution in [3.8, 4) is 5.75 Å². The molecule has 0 radical (unpaired) electrons. The zero-order chi connectivity index (χ0) is 20.5. The molecule has 9 heteroatoms. The molecule has 9 nitrogen and oxygen atoms in total. The first-order valence-electron chi connectivity index (χ1n) is 9.11. The van der Waals surface area contributed by atoms with E-state index in [1.54, 1.807) is 38.1 Å². The largest absolute Gasteiger partial charge is 0.463 e. The third-order valence-corrected chi connectivity index (χ3v) is 4.49. The van der Waals surface area contributed by atoms with Gasteiger partial charge in [0.1, 0.15) is 30.1 Å². The monoisotopic (exact) mass is 394 g/mol. The van der Waals surface area contributed by atoms with Crippen molar-refractivity contribution >= 4 is 17.5 Å². The number of aliphatic hydroxyl groups excluding tert-OH is 1. The first-order chi connectivity index (χ1) is 13.1. The highest BCUT2D eigenvalue weighted by Gasteiger charge is 2.52. The van der Waals surface area contributed by atoms with E-state index < -0.39 is 36.4 Å². The second-order valence-corrected chi connectivity index (χ2v) is 7.38. The summed E-state index contributed by atoms with van der Waals surface area (Å²) in [4.78, 5) is 22.8. The summed E-state index contributed by atoms with van der Waals surface area (Å²) in [6, 6.07) is 5.86. The van der Waals surface area contributed by atoms with Crippen LogP contribution in [0.2, 0.25) is 0 Å². The number of nitrogens with one attached hydrogen (secondary N) is 2. The van der Waals surface area contributed by atoms with Crippen molar-refractivity contribution in [1.82, 2.24) is 5.32 Å². The van der Waals surface area contributed by atoms with Crippen molar-refractivity contribution in [2.45, 2.75) is 64.1 Å². The first-order valence-corrected chi connectivity index (χ1v) is 9.11. The number of hydrogen-bond acceptors (Lipinski definition) is 7. The molecule has 2 saturated heterocycles. The van der Waals surface area contributed by atoms with Crippen LogP contribution in [0.4, 0.5) is 5.69 Å². The summed E-state index contributed by atoms with van der Waals surface area (Å²) in [6.45, 7) is 6.51. The number of hydrogen-bond donors (Lipinski definition) is 3. The summed E-state index contributed by atoms with van der Waals surface area (Å²) in [5.41, 5.74) is 0.624. The number of carbonyl (C=O) groups is 2. The Labute approximate surface area is 163 Å². The molecule has 0 bridgehead atoms. The second kappa shape index (κ2) is 8.04. The maximum absolute atomic E-state index is 11.7. The van der Waals surface area contributed by atoms with Gasteiger partial charge in [-0.3, -0.25) is 9.59 Å². The Balaban J connectivity index is 1.76. The lowest BCUT2D eigenvalue weighted by Crippen LogP contribution is -2.69. The molecule has 3 rings (SSSR count). The topological polar surface area (TPSA) is 115 Å². The van der Waals surface area contributed by atoms with E-state index in [2.05, 4.69) is 10.6 Å². The molecule has 1 aromatic rings. The number of fused-ring (bicyclic) bond motifs is 1. The van der Waals surface area contributed by atoms with Crippen molar-refractivity contribution in [3.63, 3.8) is 0 Å². The SMILES string of the molecule is CC(=O)Nc1ccc(OC2OC3COC(C)(C)OC3C(O)C2NC(C)=O)cc1. The summed E-state index contributed by atoms with van der Waals surface area (Å²) >= 11 is 0. The van der Waals surface area contributed by atoms with E-state index in [0.717, 1.165) is 0 Å². The lowest BCUT2D eigenvalue weighted by atomic mass is 9.95. The van der Waals surface area contributed by atoms with Gasteiger partial charge in [0.2, 0.25) is 18.1 Å². The lowest BCUT2D eigenvalue weighted by molar-refractivity contribution is -0.361. The van der Waals surface area contributed by atoms with Crippen LogP contribution in [-0.4, -0.2) is 60.0 Å². The summed E-state index contributed by atoms with van der Waals surface area (Å²) in [5, 5.41) is 16.2. The molecule has 2 amide bonds. The van der Waals surface area contributed by atoms with Crippen molar-refractivity contribution in [2.24, 2.45) is 0 Å². The summed E-state index contributed by atoms with van der Waals surface area (Å²) in [6.07, 6.45) is -3.20. The van der Waals surface area contributed by atoms with E-state index in [9.17, 15) is 14.7 Å². The molecule has 5 unspecified atom stereocenters. The number of amides is 2. The highest BCUT2D eigenvalue weighted by molar-refractivity contribution is 5.88. The Bertz CT molecular complexity index is 721. The van der Waals surface area contributed by atoms with E-state index in [1.807, 2.05) is 0 Å². The van der Waals surface area contributed by atoms with Gasteiger partial charge in [0.25, 0.3) is 0 Å². The maximum Gasteiger partial charge on any atom is 0.223 e. The molecule has 2 aliphatic rings. The molecule has 0 aromatic heterocycles. The standard InChI is InChI=1S/C19H26N2O7/c1-10(22)20-12-5-7-13(8-6-12)26-18-15(21-11(2)23)16(24)17-14(27-18)9-25-19(3,4)28-17/h5-8,14-18,24H,9H2,1-4H3,(H,20,22)(H,21,23). The molecule has 0 spiro atoms. The maximum atomic E-state index is 11.7. The number of aliphatic hydroxyl groups is 1. The fraction of sp³-hybridized carbons (Fsp3) is 0.579. The molecule has 1 aromatic carbocycles. The number of carbonyl (C=O) groups excluding carboxylic acids is 2. The van der Waals surface area contributed by atoms with E-state index in [4.69, 9.17) is 18.9 Å². The molecule has 2 heterocycles. The predicted molar refractivity (Wildman–Crippen MR) is 98.6 cm³/mol. The van der Waals surface area contributed by atoms with Crippen LogP contribution < -0.4 is 15.4 Å². The van der Waals surface area contributed by atoms with Crippen LogP contribution in [-0.2, 0) is 23.8 Å². The van der Waals surface area contributed by atoms with Crippen LogP contribution >= 0.6 is 0 Å². The fourth-order valence-corrected chi connectivity index (χ4v) is 3.29. The van der Waals surface area contributed by atoms with Crippen LogP contribution in [0, 0.1) is 0 Å². The third kappa shape index (κ3) is 4.79. The quantitative estimate of drug-likeness (QED) is 0.691. The third-order valence-electron chi connectivity index (χ3n) is 4.49. The molecule has 2 aliphatic heterocycles. The average molecular weight is 394 g/mol. The first kappa shape index (κ1) is 20.5. The highest BCUT2D eigenvalue weighted by atomic mass is 16.8. The van der Waals surface area contributed by atoms with E-state index in [-0.39, 0.29) is 18.4 Å². The van der Waals surface area contributed by atoms with Gasteiger partial charge in [-0.1, -0.05) is 0 Å². The van der Waals surface area contributed by atoms with Crippen molar-refractivity contribution in [2.75, 3.05) is 11.9 Å². The zero-order valence-corrected chi connectivity index (χ0v) is 16.3. The number of rotatable bonds is 4. The minimum absolute atomic E-state index is 0.176. The summed E-state index contributed by atoms with van der Waals surface area (Å²) in [5.74, 6) is -0.908. The van der Waals surface area contributed by atoms with Gasteiger partial charge in [-0.2, -0.15) is 0 Å². The van der Waals surface area contributed by atoms with Gasteiger partial charge in [-0.05, 0) is 38.1 Å². The Hall–Kier alpha value is -2.20. The van der Waals surface area contributed by atoms with Gasteiger partial charge in [-0.15, -0.1) is 0 Å². The fourth-order valence-electron chi connectivity index (χ4n) is 3.29. The summed E-state index contributed by atoms with van der Waals surface area (Å²) in [7, 11) is 0. The number of ether oxygens (including phenoxy) is 4.